The van der Waals surface area contributed by atoms with E-state index in [-0.39, 0.29) is 0 Å². The molecule has 0 aliphatic rings. The standard InChI is InChI=1S/C19H31N5/c1-4-5-6-10-15(2)22-19(20-3)21-14-9-13-18-23-16-11-7-8-12-17(16)24-18/h7-8,11-12,15H,4-6,9-10,13-14H2,1-3H3,(H,23,24)(H2,20,21,22). The van der Waals surface area contributed by atoms with Crippen LogP contribution >= 0.6 is 0 Å². The number of para-hydroxylation sites is 2. The lowest BCUT2D eigenvalue weighted by molar-refractivity contribution is 0.546. The van der Waals surface area contributed by atoms with Crippen LogP contribution in [0.3, 0.4) is 0 Å². The van der Waals surface area contributed by atoms with Crippen LogP contribution in [-0.2, 0) is 6.42 Å². The number of benzene rings is 1. The topological polar surface area (TPSA) is 65.1 Å². The lowest BCUT2D eigenvalue weighted by atomic mass is 10.1. The minimum absolute atomic E-state index is 0.457. The van der Waals surface area contributed by atoms with Gasteiger partial charge in [0.1, 0.15) is 5.82 Å². The Hall–Kier alpha value is -2.04. The number of fused-ring (bicyclic) bond motifs is 1. The third-order valence-electron chi connectivity index (χ3n) is 4.17. The van der Waals surface area contributed by atoms with E-state index in [1.807, 2.05) is 25.2 Å². The van der Waals surface area contributed by atoms with Crippen molar-refractivity contribution >= 4 is 17.0 Å². The van der Waals surface area contributed by atoms with E-state index in [0.717, 1.165) is 42.2 Å². The van der Waals surface area contributed by atoms with E-state index in [9.17, 15) is 0 Å². The molecule has 0 aliphatic heterocycles. The Morgan fingerprint density at radius 1 is 1.25 bits per heavy atom. The van der Waals surface area contributed by atoms with Crippen LogP contribution in [0.25, 0.3) is 11.0 Å². The number of aromatic amines is 1. The summed E-state index contributed by atoms with van der Waals surface area (Å²) in [6, 6.07) is 8.61. The number of guanidine groups is 1. The number of aromatic nitrogens is 2. The molecule has 2 aromatic rings. The van der Waals surface area contributed by atoms with Crippen molar-refractivity contribution < 1.29 is 0 Å². The van der Waals surface area contributed by atoms with E-state index >= 15 is 0 Å². The van der Waals surface area contributed by atoms with Crippen molar-refractivity contribution in [2.45, 2.75) is 58.4 Å². The lowest BCUT2D eigenvalue weighted by Crippen LogP contribution is -2.42. The first kappa shape index (κ1) is 18.3. The van der Waals surface area contributed by atoms with E-state index in [2.05, 4.69) is 45.5 Å². The van der Waals surface area contributed by atoms with Gasteiger partial charge in [0.15, 0.2) is 5.96 Å². The second-order valence-electron chi connectivity index (χ2n) is 6.34. The molecular formula is C19H31N5. The molecule has 5 heteroatoms. The van der Waals surface area contributed by atoms with Crippen molar-refractivity contribution in [1.29, 1.82) is 0 Å². The molecule has 0 aliphatic carbocycles. The molecule has 24 heavy (non-hydrogen) atoms. The van der Waals surface area contributed by atoms with Crippen LogP contribution in [0.2, 0.25) is 0 Å². The van der Waals surface area contributed by atoms with Gasteiger partial charge in [-0.25, -0.2) is 4.98 Å². The highest BCUT2D eigenvalue weighted by Crippen LogP contribution is 2.11. The van der Waals surface area contributed by atoms with Gasteiger partial charge in [-0.3, -0.25) is 4.99 Å². The normalized spacial score (nSPS) is 13.2. The predicted octanol–water partition coefficient (Wildman–Crippen LogP) is 3.63. The third kappa shape index (κ3) is 5.87. The van der Waals surface area contributed by atoms with E-state index < -0.39 is 0 Å². The maximum atomic E-state index is 4.61. The largest absolute Gasteiger partial charge is 0.356 e. The Bertz CT molecular complexity index is 598. The molecule has 0 saturated heterocycles. The zero-order chi connectivity index (χ0) is 17.2. The SMILES string of the molecule is CCCCCC(C)NC(=NC)NCCCc1nc2ccccc2[nH]1. The molecule has 0 saturated carbocycles. The Labute approximate surface area is 145 Å². The zero-order valence-corrected chi connectivity index (χ0v) is 15.2. The molecule has 0 bridgehead atoms. The molecule has 1 atom stereocenters. The zero-order valence-electron chi connectivity index (χ0n) is 15.2. The second kappa shape index (κ2) is 9.96. The summed E-state index contributed by atoms with van der Waals surface area (Å²) in [6.45, 7) is 5.34. The smallest absolute Gasteiger partial charge is 0.191 e. The van der Waals surface area contributed by atoms with Crippen LogP contribution in [0.1, 0.15) is 51.8 Å². The fraction of sp³-hybridized carbons (Fsp3) is 0.579. The van der Waals surface area contributed by atoms with Gasteiger partial charge in [0.2, 0.25) is 0 Å². The maximum absolute atomic E-state index is 4.61. The van der Waals surface area contributed by atoms with Crippen molar-refractivity contribution in [3.8, 4) is 0 Å². The summed E-state index contributed by atoms with van der Waals surface area (Å²) < 4.78 is 0. The van der Waals surface area contributed by atoms with Crippen molar-refractivity contribution in [3.63, 3.8) is 0 Å². The Balaban J connectivity index is 1.68. The number of nitrogens with zero attached hydrogens (tertiary/aromatic N) is 2. The summed E-state index contributed by atoms with van der Waals surface area (Å²) in [6.07, 6.45) is 6.98. The fourth-order valence-electron chi connectivity index (χ4n) is 2.79. The van der Waals surface area contributed by atoms with Gasteiger partial charge in [0.05, 0.1) is 11.0 Å². The number of H-pyrrole nitrogens is 1. The van der Waals surface area contributed by atoms with E-state index in [0.29, 0.717) is 6.04 Å². The number of aliphatic imine (C=N–C) groups is 1. The Morgan fingerprint density at radius 3 is 2.83 bits per heavy atom. The first-order valence-electron chi connectivity index (χ1n) is 9.13. The van der Waals surface area contributed by atoms with Gasteiger partial charge in [-0.2, -0.15) is 0 Å². The van der Waals surface area contributed by atoms with Crippen LogP contribution in [0.15, 0.2) is 29.3 Å². The summed E-state index contributed by atoms with van der Waals surface area (Å²) in [5, 5.41) is 6.85. The van der Waals surface area contributed by atoms with Crippen molar-refractivity contribution in [2.75, 3.05) is 13.6 Å². The van der Waals surface area contributed by atoms with Crippen molar-refractivity contribution in [3.05, 3.63) is 30.1 Å². The van der Waals surface area contributed by atoms with E-state index in [1.165, 1.54) is 25.7 Å². The number of unbranched alkanes of at least 4 members (excludes halogenated alkanes) is 2. The van der Waals surface area contributed by atoms with Gasteiger partial charge in [-0.1, -0.05) is 38.3 Å². The summed E-state index contributed by atoms with van der Waals surface area (Å²) in [5.41, 5.74) is 2.15. The van der Waals surface area contributed by atoms with Crippen LogP contribution in [0.5, 0.6) is 0 Å². The second-order valence-corrected chi connectivity index (χ2v) is 6.34. The Morgan fingerprint density at radius 2 is 2.08 bits per heavy atom. The molecule has 132 valence electrons. The number of hydrogen-bond acceptors (Lipinski definition) is 2. The predicted molar refractivity (Wildman–Crippen MR) is 103 cm³/mol. The average molecular weight is 329 g/mol. The van der Waals surface area contributed by atoms with Gasteiger partial charge < -0.3 is 15.6 Å². The summed E-state index contributed by atoms with van der Waals surface area (Å²) in [7, 11) is 1.83. The molecule has 2 rings (SSSR count). The number of rotatable bonds is 9. The van der Waals surface area contributed by atoms with Crippen LogP contribution in [0.4, 0.5) is 0 Å². The van der Waals surface area contributed by atoms with Crippen molar-refractivity contribution in [1.82, 2.24) is 20.6 Å². The maximum Gasteiger partial charge on any atom is 0.191 e. The number of hydrogen-bond donors (Lipinski definition) is 3. The molecule has 1 aromatic heterocycles. The highest BCUT2D eigenvalue weighted by atomic mass is 15.2. The van der Waals surface area contributed by atoms with Crippen LogP contribution in [0, 0.1) is 0 Å². The first-order chi connectivity index (χ1) is 11.7. The highest BCUT2D eigenvalue weighted by Gasteiger charge is 2.05. The average Bonchev–Trinajstić information content (AvgIpc) is 3.00. The van der Waals surface area contributed by atoms with Crippen molar-refractivity contribution in [2.24, 2.45) is 4.99 Å². The number of aryl methyl sites for hydroxylation is 1. The van der Waals surface area contributed by atoms with Gasteiger partial charge in [0, 0.05) is 26.1 Å². The van der Waals surface area contributed by atoms with Gasteiger partial charge in [-0.05, 0) is 31.9 Å². The monoisotopic (exact) mass is 329 g/mol. The fourth-order valence-corrected chi connectivity index (χ4v) is 2.79. The summed E-state index contributed by atoms with van der Waals surface area (Å²) in [5.74, 6) is 1.94. The molecule has 0 spiro atoms. The molecule has 1 unspecified atom stereocenters. The molecule has 1 aromatic carbocycles. The minimum atomic E-state index is 0.457. The summed E-state index contributed by atoms with van der Waals surface area (Å²) >= 11 is 0. The van der Waals surface area contributed by atoms with Gasteiger partial charge in [0.25, 0.3) is 0 Å². The van der Waals surface area contributed by atoms with Gasteiger partial charge >= 0.3 is 0 Å². The van der Waals surface area contributed by atoms with Crippen LogP contribution < -0.4 is 10.6 Å². The summed E-state index contributed by atoms with van der Waals surface area (Å²) in [4.78, 5) is 12.3. The minimum Gasteiger partial charge on any atom is -0.356 e. The third-order valence-corrected chi connectivity index (χ3v) is 4.17. The van der Waals surface area contributed by atoms with Gasteiger partial charge in [-0.15, -0.1) is 0 Å². The molecule has 0 fully saturated rings. The molecule has 5 nitrogen and oxygen atoms in total. The van der Waals surface area contributed by atoms with E-state index in [4.69, 9.17) is 0 Å². The molecule has 0 radical (unpaired) electrons. The Kier molecular flexibility index (Phi) is 7.59. The lowest BCUT2D eigenvalue weighted by Gasteiger charge is -2.17. The molecular weight excluding hydrogens is 298 g/mol. The molecule has 3 N–H and O–H groups in total. The van der Waals surface area contributed by atoms with E-state index in [1.54, 1.807) is 0 Å². The highest BCUT2D eigenvalue weighted by molar-refractivity contribution is 5.79. The molecule has 0 amide bonds. The van der Waals surface area contributed by atoms with Crippen LogP contribution in [-0.4, -0.2) is 35.6 Å². The molecule has 1 heterocycles. The quantitative estimate of drug-likeness (QED) is 0.374. The first-order valence-corrected chi connectivity index (χ1v) is 9.13. The number of nitrogens with one attached hydrogen (secondary N) is 3. The number of imidazole rings is 1.